The third-order valence-corrected chi connectivity index (χ3v) is 7.91. The van der Waals surface area contributed by atoms with Crippen molar-refractivity contribution in [1.29, 1.82) is 0 Å². The maximum atomic E-state index is 12.4. The Morgan fingerprint density at radius 2 is 1.76 bits per heavy atom. The molecule has 0 radical (unpaired) electrons. The van der Waals surface area contributed by atoms with Gasteiger partial charge in [-0.2, -0.15) is 0 Å². The second-order valence-corrected chi connectivity index (χ2v) is 10.7. The number of ether oxygens (including phenoxy) is 3. The first kappa shape index (κ1) is 28.5. The number of carbonyl (C=O) groups is 2. The zero-order valence-electron chi connectivity index (χ0n) is 23.3. The van der Waals surface area contributed by atoms with Crippen LogP contribution in [0.1, 0.15) is 68.4 Å². The van der Waals surface area contributed by atoms with Crippen LogP contribution in [0.5, 0.6) is 0 Å². The molecule has 2 N–H and O–H groups in total. The SMILES string of the molecule is CCC(C)CC1CCC(n2cc(CNCC(=O)OC(=O)OCC3c4ccccc4-c4ccccc43)c(=O)[nH]c2=O)O1. The number of esters is 1. The average molecular weight is 562 g/mol. The van der Waals surface area contributed by atoms with Crippen molar-refractivity contribution < 1.29 is 23.8 Å². The summed E-state index contributed by atoms with van der Waals surface area (Å²) in [5.41, 5.74) is 3.45. The molecule has 10 nitrogen and oxygen atoms in total. The first-order valence-corrected chi connectivity index (χ1v) is 14.1. The summed E-state index contributed by atoms with van der Waals surface area (Å²) in [4.78, 5) is 51.6. The van der Waals surface area contributed by atoms with Crippen LogP contribution >= 0.6 is 0 Å². The van der Waals surface area contributed by atoms with E-state index < -0.39 is 29.6 Å². The molecule has 3 aromatic rings. The monoisotopic (exact) mass is 561 g/mol. The molecule has 0 amide bonds. The maximum absolute atomic E-state index is 12.4. The number of nitrogens with zero attached hydrogens (tertiary/aromatic N) is 1. The van der Waals surface area contributed by atoms with Crippen LogP contribution in [0.15, 0.2) is 64.3 Å². The molecular weight excluding hydrogens is 526 g/mol. The third-order valence-electron chi connectivity index (χ3n) is 7.91. The number of hydrogen-bond donors (Lipinski definition) is 2. The second-order valence-electron chi connectivity index (χ2n) is 10.7. The lowest BCUT2D eigenvalue weighted by atomic mass is 9.98. The summed E-state index contributed by atoms with van der Waals surface area (Å²) in [7, 11) is 0. The number of fused-ring (bicyclic) bond motifs is 3. The quantitative estimate of drug-likeness (QED) is 0.278. The van der Waals surface area contributed by atoms with E-state index in [9.17, 15) is 19.2 Å². The lowest BCUT2D eigenvalue weighted by Crippen LogP contribution is -2.36. The topological polar surface area (TPSA) is 129 Å². The molecule has 216 valence electrons. The Morgan fingerprint density at radius 3 is 2.44 bits per heavy atom. The normalized spacial score (nSPS) is 18.5. The van der Waals surface area contributed by atoms with E-state index in [-0.39, 0.29) is 37.3 Å². The summed E-state index contributed by atoms with van der Waals surface area (Å²) in [6.07, 6.45) is 3.49. The van der Waals surface area contributed by atoms with E-state index in [1.807, 2.05) is 48.5 Å². The molecule has 1 saturated heterocycles. The lowest BCUT2D eigenvalue weighted by molar-refractivity contribution is -0.138. The number of aromatic nitrogens is 2. The van der Waals surface area contributed by atoms with E-state index in [0.29, 0.717) is 12.3 Å². The fraction of sp³-hybridized carbons (Fsp3) is 0.419. The van der Waals surface area contributed by atoms with Crippen LogP contribution in [0.4, 0.5) is 4.79 Å². The predicted octanol–water partition coefficient (Wildman–Crippen LogP) is 4.23. The summed E-state index contributed by atoms with van der Waals surface area (Å²) in [6, 6.07) is 15.9. The first-order chi connectivity index (χ1) is 19.8. The molecule has 0 spiro atoms. The van der Waals surface area contributed by atoms with Gasteiger partial charge in [-0.05, 0) is 47.4 Å². The highest BCUT2D eigenvalue weighted by atomic mass is 16.7. The molecule has 1 fully saturated rings. The van der Waals surface area contributed by atoms with Gasteiger partial charge in [0.1, 0.15) is 12.8 Å². The van der Waals surface area contributed by atoms with Crippen molar-refractivity contribution in [3.63, 3.8) is 0 Å². The zero-order chi connectivity index (χ0) is 28.9. The van der Waals surface area contributed by atoms with Gasteiger partial charge in [0.15, 0.2) is 0 Å². The van der Waals surface area contributed by atoms with Gasteiger partial charge in [-0.1, -0.05) is 68.8 Å². The van der Waals surface area contributed by atoms with E-state index in [0.717, 1.165) is 41.5 Å². The highest BCUT2D eigenvalue weighted by molar-refractivity contribution is 5.83. The minimum Gasteiger partial charge on any atom is -0.433 e. The molecule has 3 unspecified atom stereocenters. The van der Waals surface area contributed by atoms with E-state index in [4.69, 9.17) is 14.2 Å². The molecule has 0 bridgehead atoms. The van der Waals surface area contributed by atoms with Crippen molar-refractivity contribution in [2.45, 2.75) is 64.3 Å². The highest BCUT2D eigenvalue weighted by Crippen LogP contribution is 2.44. The highest BCUT2D eigenvalue weighted by Gasteiger charge is 2.30. The Hall–Kier alpha value is -4.02. The number of aromatic amines is 1. The van der Waals surface area contributed by atoms with Gasteiger partial charge < -0.3 is 19.5 Å². The minimum absolute atomic E-state index is 0.0155. The van der Waals surface area contributed by atoms with E-state index in [2.05, 4.69) is 24.1 Å². The van der Waals surface area contributed by atoms with Gasteiger partial charge in [-0.25, -0.2) is 9.59 Å². The number of H-pyrrole nitrogens is 1. The van der Waals surface area contributed by atoms with Gasteiger partial charge in [0.25, 0.3) is 5.56 Å². The third kappa shape index (κ3) is 6.49. The number of benzene rings is 2. The Balaban J connectivity index is 1.11. The summed E-state index contributed by atoms with van der Waals surface area (Å²) in [5, 5.41) is 2.79. The van der Waals surface area contributed by atoms with Crippen molar-refractivity contribution in [1.82, 2.24) is 14.9 Å². The number of rotatable bonds is 10. The zero-order valence-corrected chi connectivity index (χ0v) is 23.3. The van der Waals surface area contributed by atoms with Crippen LogP contribution in [-0.2, 0) is 25.5 Å². The molecular formula is C31H35N3O7. The van der Waals surface area contributed by atoms with Gasteiger partial charge in [-0.15, -0.1) is 0 Å². The Bertz CT molecular complexity index is 1480. The minimum atomic E-state index is -1.09. The van der Waals surface area contributed by atoms with Crippen LogP contribution in [0.3, 0.4) is 0 Å². The fourth-order valence-electron chi connectivity index (χ4n) is 5.60. The molecule has 2 aliphatic rings. The summed E-state index contributed by atoms with van der Waals surface area (Å²) < 4.78 is 17.6. The number of nitrogens with one attached hydrogen (secondary N) is 2. The van der Waals surface area contributed by atoms with Gasteiger partial charge in [-0.3, -0.25) is 19.1 Å². The van der Waals surface area contributed by atoms with Crippen molar-refractivity contribution in [3.05, 3.63) is 92.3 Å². The molecule has 2 heterocycles. The molecule has 0 saturated carbocycles. The largest absolute Gasteiger partial charge is 0.516 e. The fourth-order valence-corrected chi connectivity index (χ4v) is 5.60. The second kappa shape index (κ2) is 12.7. The average Bonchev–Trinajstić information content (AvgIpc) is 3.55. The smallest absolute Gasteiger partial charge is 0.433 e. The van der Waals surface area contributed by atoms with Crippen LogP contribution in [0.2, 0.25) is 0 Å². The van der Waals surface area contributed by atoms with Crippen molar-refractivity contribution in [2.24, 2.45) is 5.92 Å². The standard InChI is InChI=1S/C31H35N3O7/c1-3-19(2)14-21-12-13-27(40-21)34-17-20(29(36)33-30(34)37)15-32-16-28(35)41-31(38)39-18-26-24-10-6-4-8-22(24)23-9-5-7-11-25(23)26/h4-11,17,19,21,26-27,32H,3,12-16,18H2,1-2H3,(H,33,36,37). The maximum Gasteiger partial charge on any atom is 0.516 e. The molecule has 2 aromatic carbocycles. The van der Waals surface area contributed by atoms with Gasteiger partial charge in [0.2, 0.25) is 0 Å². The van der Waals surface area contributed by atoms with Crippen molar-refractivity contribution >= 4 is 12.1 Å². The molecule has 1 aliphatic carbocycles. The van der Waals surface area contributed by atoms with E-state index in [1.165, 1.54) is 10.8 Å². The van der Waals surface area contributed by atoms with Crippen LogP contribution in [-0.4, -0.2) is 40.9 Å². The van der Waals surface area contributed by atoms with E-state index >= 15 is 0 Å². The predicted molar refractivity (Wildman–Crippen MR) is 151 cm³/mol. The Kier molecular flexibility index (Phi) is 8.80. The van der Waals surface area contributed by atoms with Crippen molar-refractivity contribution in [2.75, 3.05) is 13.2 Å². The van der Waals surface area contributed by atoms with Crippen molar-refractivity contribution in [3.8, 4) is 11.1 Å². The molecule has 5 rings (SSSR count). The Morgan fingerprint density at radius 1 is 1.07 bits per heavy atom. The van der Waals surface area contributed by atoms with Gasteiger partial charge in [0, 0.05) is 24.2 Å². The van der Waals surface area contributed by atoms with Crippen LogP contribution in [0.25, 0.3) is 11.1 Å². The first-order valence-electron chi connectivity index (χ1n) is 14.1. The Labute approximate surface area is 237 Å². The molecule has 10 heteroatoms. The van der Waals surface area contributed by atoms with Crippen LogP contribution < -0.4 is 16.6 Å². The van der Waals surface area contributed by atoms with Crippen LogP contribution in [0, 0.1) is 5.92 Å². The van der Waals surface area contributed by atoms with E-state index in [1.54, 1.807) is 0 Å². The summed E-state index contributed by atoms with van der Waals surface area (Å²) in [5.74, 6) is -0.474. The summed E-state index contributed by atoms with van der Waals surface area (Å²) >= 11 is 0. The van der Waals surface area contributed by atoms with Gasteiger partial charge >= 0.3 is 17.8 Å². The van der Waals surface area contributed by atoms with Gasteiger partial charge in [0.05, 0.1) is 12.6 Å². The molecule has 3 atom stereocenters. The molecule has 1 aliphatic heterocycles. The molecule has 41 heavy (non-hydrogen) atoms. The lowest BCUT2D eigenvalue weighted by Gasteiger charge is -2.18. The number of carbonyl (C=O) groups excluding carboxylic acids is 2. The molecule has 1 aromatic heterocycles. The summed E-state index contributed by atoms with van der Waals surface area (Å²) in [6.45, 7) is 3.99. The number of hydrogen-bond acceptors (Lipinski definition) is 8.